The van der Waals surface area contributed by atoms with Gasteiger partial charge in [0.15, 0.2) is 11.5 Å². The molecule has 2 aromatic carbocycles. The zero-order chi connectivity index (χ0) is 29.1. The molecule has 2 N–H and O–H groups in total. The van der Waals surface area contributed by atoms with Crippen LogP contribution < -0.4 is 26.0 Å². The number of hydrogen-bond donors (Lipinski definition) is 2. The largest absolute Gasteiger partial charge is 0.493 e. The lowest BCUT2D eigenvalue weighted by Gasteiger charge is -2.18. The number of rotatable bonds is 8. The van der Waals surface area contributed by atoms with Crippen LogP contribution in [0.15, 0.2) is 46.4 Å². The van der Waals surface area contributed by atoms with Crippen molar-refractivity contribution in [1.29, 1.82) is 0 Å². The first kappa shape index (κ1) is 27.9. The third kappa shape index (κ3) is 5.65. The quantitative estimate of drug-likeness (QED) is 0.342. The van der Waals surface area contributed by atoms with E-state index in [9.17, 15) is 9.59 Å². The van der Waals surface area contributed by atoms with Gasteiger partial charge in [-0.05, 0) is 69.4 Å². The van der Waals surface area contributed by atoms with Crippen LogP contribution in [0.3, 0.4) is 0 Å². The molecule has 1 aliphatic heterocycles. The van der Waals surface area contributed by atoms with Gasteiger partial charge < -0.3 is 14.8 Å². The molecule has 0 saturated heterocycles. The number of nitrogens with one attached hydrogen (secondary N) is 2. The van der Waals surface area contributed by atoms with E-state index >= 15 is 0 Å². The number of H-pyrrole nitrogens is 1. The minimum Gasteiger partial charge on any atom is -0.493 e. The smallest absolute Gasteiger partial charge is 0.330 e. The molecule has 41 heavy (non-hydrogen) atoms. The van der Waals surface area contributed by atoms with Crippen LogP contribution >= 0.6 is 0 Å². The van der Waals surface area contributed by atoms with Crippen molar-refractivity contribution in [2.75, 3.05) is 20.3 Å². The number of aryl methyl sites for hydroxylation is 4. The Morgan fingerprint density at radius 1 is 1.12 bits per heavy atom. The summed E-state index contributed by atoms with van der Waals surface area (Å²) in [5.41, 5.74) is 7.09. The second kappa shape index (κ2) is 11.8. The number of carbonyl (C=O) groups is 1. The first-order chi connectivity index (χ1) is 19.8. The number of carbonyl (C=O) groups excluding carboxylic acids is 1. The number of amides is 1. The lowest BCUT2D eigenvalue weighted by molar-refractivity contribution is 0.0942. The standard InChI is InChI=1S/C30H35N7O4/c1-6-41-25-14-21-8-7-10-36-23(22(21)15-24(25)40-5)16-26(34-27-19(3)12-18(2)13-20(27)4)37(30(36)39)11-9-31-29(38)28-32-17-33-35-28/h12-17H,6-11H2,1-5H3,(H,31,38)(H,32,33,35). The molecule has 3 heterocycles. The van der Waals surface area contributed by atoms with Gasteiger partial charge in [0.1, 0.15) is 11.8 Å². The third-order valence-electron chi connectivity index (χ3n) is 7.20. The van der Waals surface area contributed by atoms with E-state index < -0.39 is 5.91 Å². The van der Waals surface area contributed by atoms with Crippen LogP contribution in [-0.4, -0.2) is 50.5 Å². The van der Waals surface area contributed by atoms with Gasteiger partial charge in [0.05, 0.1) is 25.1 Å². The molecule has 0 unspecified atom stereocenters. The van der Waals surface area contributed by atoms with Crippen molar-refractivity contribution in [3.05, 3.63) is 80.7 Å². The maximum atomic E-state index is 14.1. The van der Waals surface area contributed by atoms with Crippen molar-refractivity contribution in [3.8, 4) is 22.8 Å². The first-order valence-electron chi connectivity index (χ1n) is 13.8. The maximum Gasteiger partial charge on any atom is 0.330 e. The van der Waals surface area contributed by atoms with E-state index in [2.05, 4.69) is 39.6 Å². The Morgan fingerprint density at radius 3 is 2.59 bits per heavy atom. The summed E-state index contributed by atoms with van der Waals surface area (Å²) in [5.74, 6) is 1.02. The molecule has 214 valence electrons. The molecular weight excluding hydrogens is 522 g/mol. The average molecular weight is 558 g/mol. The lowest BCUT2D eigenvalue weighted by atomic mass is 10.0. The van der Waals surface area contributed by atoms with E-state index in [0.29, 0.717) is 30.1 Å². The number of ether oxygens (including phenoxy) is 2. The first-order valence-corrected chi connectivity index (χ1v) is 13.8. The Balaban J connectivity index is 1.67. The van der Waals surface area contributed by atoms with Crippen molar-refractivity contribution in [3.63, 3.8) is 0 Å². The molecule has 1 amide bonds. The van der Waals surface area contributed by atoms with Crippen molar-refractivity contribution >= 4 is 11.6 Å². The maximum absolute atomic E-state index is 14.1. The molecule has 0 atom stereocenters. The lowest BCUT2D eigenvalue weighted by Crippen LogP contribution is -2.43. The fraction of sp³-hybridized carbons (Fsp3) is 0.367. The molecule has 0 aliphatic carbocycles. The van der Waals surface area contributed by atoms with Gasteiger partial charge in [-0.25, -0.2) is 14.8 Å². The summed E-state index contributed by atoms with van der Waals surface area (Å²) in [6, 6.07) is 10.1. The molecule has 0 radical (unpaired) electrons. The molecular formula is C30H35N7O4. The summed E-state index contributed by atoms with van der Waals surface area (Å²) in [4.78, 5) is 35.5. The predicted octanol–water partition coefficient (Wildman–Crippen LogP) is 3.38. The van der Waals surface area contributed by atoms with Gasteiger partial charge >= 0.3 is 5.69 Å². The van der Waals surface area contributed by atoms with Crippen molar-refractivity contribution in [2.24, 2.45) is 4.99 Å². The van der Waals surface area contributed by atoms with Gasteiger partial charge in [0.25, 0.3) is 5.91 Å². The summed E-state index contributed by atoms with van der Waals surface area (Å²) in [6.45, 7) is 9.53. The van der Waals surface area contributed by atoms with Crippen LogP contribution in [0.2, 0.25) is 0 Å². The van der Waals surface area contributed by atoms with Gasteiger partial charge in [0, 0.05) is 31.3 Å². The van der Waals surface area contributed by atoms with Crippen molar-refractivity contribution in [1.82, 2.24) is 29.6 Å². The molecule has 2 aromatic heterocycles. The van der Waals surface area contributed by atoms with Gasteiger partial charge in [-0.1, -0.05) is 17.7 Å². The number of aromatic amines is 1. The summed E-state index contributed by atoms with van der Waals surface area (Å²) in [5, 5.41) is 9.09. The SMILES string of the molecule is CCOc1cc2c(cc1OC)-c1cc(=Nc3c(C)cc(C)cc3C)n(CCNC(=O)c3ncn[nH]3)c(=O)n1CCC2. The van der Waals surface area contributed by atoms with Crippen LogP contribution in [0.25, 0.3) is 11.3 Å². The van der Waals surface area contributed by atoms with Crippen LogP contribution in [0.5, 0.6) is 11.5 Å². The highest BCUT2D eigenvalue weighted by Crippen LogP contribution is 2.37. The van der Waals surface area contributed by atoms with Crippen LogP contribution in [0.4, 0.5) is 5.69 Å². The van der Waals surface area contributed by atoms with Gasteiger partial charge in [-0.3, -0.25) is 19.0 Å². The summed E-state index contributed by atoms with van der Waals surface area (Å²) in [7, 11) is 1.61. The molecule has 11 nitrogen and oxygen atoms in total. The van der Waals surface area contributed by atoms with E-state index in [0.717, 1.165) is 52.0 Å². The van der Waals surface area contributed by atoms with E-state index in [4.69, 9.17) is 14.5 Å². The predicted molar refractivity (Wildman–Crippen MR) is 155 cm³/mol. The molecule has 0 spiro atoms. The second-order valence-electron chi connectivity index (χ2n) is 10.1. The van der Waals surface area contributed by atoms with Gasteiger partial charge in [-0.2, -0.15) is 5.10 Å². The molecule has 0 bridgehead atoms. The summed E-state index contributed by atoms with van der Waals surface area (Å²) >= 11 is 0. The monoisotopic (exact) mass is 557 g/mol. The number of aromatic nitrogens is 5. The average Bonchev–Trinajstić information content (AvgIpc) is 3.42. The molecule has 4 aromatic rings. The Morgan fingerprint density at radius 2 is 1.90 bits per heavy atom. The highest BCUT2D eigenvalue weighted by molar-refractivity contribution is 5.90. The van der Waals surface area contributed by atoms with Crippen LogP contribution in [0.1, 0.15) is 46.2 Å². The zero-order valence-corrected chi connectivity index (χ0v) is 24.1. The normalized spacial score (nSPS) is 12.9. The highest BCUT2D eigenvalue weighted by atomic mass is 16.5. The Labute approximate surface area is 237 Å². The Bertz CT molecular complexity index is 1700. The van der Waals surface area contributed by atoms with Gasteiger partial charge in [-0.15, -0.1) is 0 Å². The molecule has 0 saturated carbocycles. The summed E-state index contributed by atoms with van der Waals surface area (Å²) in [6.07, 6.45) is 2.85. The van der Waals surface area contributed by atoms with E-state index in [-0.39, 0.29) is 24.6 Å². The van der Waals surface area contributed by atoms with E-state index in [1.54, 1.807) is 16.2 Å². The number of methoxy groups -OCH3 is 1. The van der Waals surface area contributed by atoms with Crippen LogP contribution in [0, 0.1) is 20.8 Å². The second-order valence-corrected chi connectivity index (χ2v) is 10.1. The molecule has 0 fully saturated rings. The minimum atomic E-state index is -0.396. The number of nitrogens with zero attached hydrogens (tertiary/aromatic N) is 5. The minimum absolute atomic E-state index is 0.112. The van der Waals surface area contributed by atoms with Crippen molar-refractivity contribution < 1.29 is 14.3 Å². The number of fused-ring (bicyclic) bond motifs is 3. The fourth-order valence-corrected chi connectivity index (χ4v) is 5.41. The topological polar surface area (TPSA) is 128 Å². The number of benzene rings is 2. The molecule has 11 heteroatoms. The highest BCUT2D eigenvalue weighted by Gasteiger charge is 2.21. The van der Waals surface area contributed by atoms with E-state index in [1.165, 1.54) is 6.33 Å². The Kier molecular flexibility index (Phi) is 8.04. The Hall–Kier alpha value is -4.67. The molecule has 1 aliphatic rings. The van der Waals surface area contributed by atoms with E-state index in [1.807, 2.05) is 39.0 Å². The molecule has 5 rings (SSSR count). The van der Waals surface area contributed by atoms with Crippen LogP contribution in [-0.2, 0) is 19.5 Å². The van der Waals surface area contributed by atoms with Gasteiger partial charge in [0.2, 0.25) is 5.82 Å². The fourth-order valence-electron chi connectivity index (χ4n) is 5.41. The third-order valence-corrected chi connectivity index (χ3v) is 7.20. The summed E-state index contributed by atoms with van der Waals surface area (Å²) < 4.78 is 14.9. The van der Waals surface area contributed by atoms with Crippen molar-refractivity contribution in [2.45, 2.75) is 53.6 Å². The number of hydrogen-bond acceptors (Lipinski definition) is 7. The zero-order valence-electron chi connectivity index (χ0n) is 24.1.